The predicted octanol–water partition coefficient (Wildman–Crippen LogP) is 0.918. The highest BCUT2D eigenvalue weighted by atomic mass is 16.5. The molecule has 3 heteroatoms. The molecule has 0 saturated heterocycles. The van der Waals surface area contributed by atoms with Gasteiger partial charge in [0.15, 0.2) is 0 Å². The van der Waals surface area contributed by atoms with E-state index in [1.165, 1.54) is 0 Å². The minimum absolute atomic E-state index is 0.0519. The zero-order valence-electron chi connectivity index (χ0n) is 5.83. The molecular formula is C7H10O3. The van der Waals surface area contributed by atoms with Crippen LogP contribution in [0.25, 0.3) is 0 Å². The molecule has 3 nitrogen and oxygen atoms in total. The van der Waals surface area contributed by atoms with E-state index in [-0.39, 0.29) is 6.61 Å². The van der Waals surface area contributed by atoms with Crippen LogP contribution in [0.4, 0.5) is 0 Å². The van der Waals surface area contributed by atoms with E-state index in [0.29, 0.717) is 12.4 Å². The maximum Gasteiger partial charge on any atom is 0.129 e. The first-order valence-electron chi connectivity index (χ1n) is 3.04. The summed E-state index contributed by atoms with van der Waals surface area (Å²) in [5.74, 6) is 1.32. The number of hydrogen-bond donors (Lipinski definition) is 1. The van der Waals surface area contributed by atoms with Crippen LogP contribution in [0, 0.1) is 0 Å². The van der Waals surface area contributed by atoms with E-state index in [0.717, 1.165) is 5.76 Å². The molecule has 0 bridgehead atoms. The number of methoxy groups -OCH3 is 1. The number of hydrogen-bond acceptors (Lipinski definition) is 3. The number of furan rings is 1. The van der Waals surface area contributed by atoms with Gasteiger partial charge in [-0.1, -0.05) is 0 Å². The zero-order valence-corrected chi connectivity index (χ0v) is 5.83. The van der Waals surface area contributed by atoms with E-state index in [9.17, 15) is 0 Å². The molecule has 0 aliphatic heterocycles. The SMILES string of the molecule is COCc1ccc(CO)o1. The Kier molecular flexibility index (Phi) is 2.48. The summed E-state index contributed by atoms with van der Waals surface area (Å²) in [6.45, 7) is 0.406. The second-order valence-electron chi connectivity index (χ2n) is 1.96. The monoisotopic (exact) mass is 142 g/mol. The fourth-order valence-electron chi connectivity index (χ4n) is 0.727. The lowest BCUT2D eigenvalue weighted by Gasteiger charge is -1.91. The molecule has 1 rings (SSSR count). The van der Waals surface area contributed by atoms with Crippen LogP contribution in [-0.2, 0) is 18.0 Å². The van der Waals surface area contributed by atoms with Gasteiger partial charge in [0, 0.05) is 7.11 Å². The lowest BCUT2D eigenvalue weighted by Crippen LogP contribution is -1.82. The van der Waals surface area contributed by atoms with Crippen LogP contribution >= 0.6 is 0 Å². The van der Waals surface area contributed by atoms with Crippen LogP contribution in [0.2, 0.25) is 0 Å². The highest BCUT2D eigenvalue weighted by Gasteiger charge is 1.98. The molecule has 0 aromatic carbocycles. The highest BCUT2D eigenvalue weighted by molar-refractivity contribution is 5.05. The Morgan fingerprint density at radius 2 is 2.20 bits per heavy atom. The molecule has 0 amide bonds. The number of aliphatic hydroxyl groups is 1. The lowest BCUT2D eigenvalue weighted by molar-refractivity contribution is 0.157. The molecule has 0 aliphatic carbocycles. The van der Waals surface area contributed by atoms with E-state index in [4.69, 9.17) is 14.3 Å². The third-order valence-corrected chi connectivity index (χ3v) is 1.16. The van der Waals surface area contributed by atoms with Crippen molar-refractivity contribution in [3.63, 3.8) is 0 Å². The molecule has 1 aromatic heterocycles. The van der Waals surface area contributed by atoms with Gasteiger partial charge in [-0.05, 0) is 12.1 Å². The third kappa shape index (κ3) is 1.59. The first-order chi connectivity index (χ1) is 4.86. The van der Waals surface area contributed by atoms with Crippen molar-refractivity contribution in [3.8, 4) is 0 Å². The van der Waals surface area contributed by atoms with Crippen molar-refractivity contribution in [1.29, 1.82) is 0 Å². The smallest absolute Gasteiger partial charge is 0.129 e. The second kappa shape index (κ2) is 3.39. The van der Waals surface area contributed by atoms with Gasteiger partial charge in [-0.2, -0.15) is 0 Å². The lowest BCUT2D eigenvalue weighted by atomic mass is 10.4. The van der Waals surface area contributed by atoms with Crippen molar-refractivity contribution < 1.29 is 14.3 Å². The second-order valence-corrected chi connectivity index (χ2v) is 1.96. The van der Waals surface area contributed by atoms with Crippen LogP contribution in [-0.4, -0.2) is 12.2 Å². The Labute approximate surface area is 59.2 Å². The molecule has 0 fully saturated rings. The van der Waals surface area contributed by atoms with Gasteiger partial charge in [-0.3, -0.25) is 0 Å². The molecule has 0 unspecified atom stereocenters. The maximum absolute atomic E-state index is 8.58. The summed E-state index contributed by atoms with van der Waals surface area (Å²) in [5.41, 5.74) is 0. The van der Waals surface area contributed by atoms with Crippen molar-refractivity contribution in [3.05, 3.63) is 23.7 Å². The molecule has 0 atom stereocenters. The van der Waals surface area contributed by atoms with Crippen LogP contribution < -0.4 is 0 Å². The van der Waals surface area contributed by atoms with Gasteiger partial charge in [0.05, 0.1) is 0 Å². The van der Waals surface area contributed by atoms with Crippen LogP contribution in [0.15, 0.2) is 16.5 Å². The van der Waals surface area contributed by atoms with Crippen molar-refractivity contribution in [1.82, 2.24) is 0 Å². The Morgan fingerprint density at radius 1 is 1.50 bits per heavy atom. The van der Waals surface area contributed by atoms with Gasteiger partial charge in [0.25, 0.3) is 0 Å². The van der Waals surface area contributed by atoms with Gasteiger partial charge in [-0.25, -0.2) is 0 Å². The van der Waals surface area contributed by atoms with Crippen LogP contribution in [0.3, 0.4) is 0 Å². The molecule has 0 radical (unpaired) electrons. The molecule has 1 aromatic rings. The molecule has 56 valence electrons. The summed E-state index contributed by atoms with van der Waals surface area (Å²) in [4.78, 5) is 0. The fourth-order valence-corrected chi connectivity index (χ4v) is 0.727. The average molecular weight is 142 g/mol. The Morgan fingerprint density at radius 3 is 2.70 bits per heavy atom. The maximum atomic E-state index is 8.58. The number of rotatable bonds is 3. The fraction of sp³-hybridized carbons (Fsp3) is 0.429. The van der Waals surface area contributed by atoms with E-state index in [2.05, 4.69) is 0 Å². The molecule has 0 spiro atoms. The largest absolute Gasteiger partial charge is 0.461 e. The minimum atomic E-state index is -0.0519. The van der Waals surface area contributed by atoms with Gasteiger partial charge in [0.1, 0.15) is 24.7 Å². The third-order valence-electron chi connectivity index (χ3n) is 1.16. The first-order valence-corrected chi connectivity index (χ1v) is 3.04. The van der Waals surface area contributed by atoms with Crippen molar-refractivity contribution in [2.45, 2.75) is 13.2 Å². The van der Waals surface area contributed by atoms with Crippen molar-refractivity contribution in [2.24, 2.45) is 0 Å². The molecule has 1 N–H and O–H groups in total. The van der Waals surface area contributed by atoms with Gasteiger partial charge in [-0.15, -0.1) is 0 Å². The Balaban J connectivity index is 2.59. The summed E-state index contributed by atoms with van der Waals surface area (Å²) in [6, 6.07) is 3.52. The Bertz CT molecular complexity index is 192. The van der Waals surface area contributed by atoms with E-state index in [1.54, 1.807) is 19.2 Å². The number of aliphatic hydroxyl groups excluding tert-OH is 1. The molecule has 0 saturated carbocycles. The summed E-state index contributed by atoms with van der Waals surface area (Å²) in [5, 5.41) is 8.58. The molecule has 10 heavy (non-hydrogen) atoms. The van der Waals surface area contributed by atoms with Crippen LogP contribution in [0.5, 0.6) is 0 Å². The average Bonchev–Trinajstić information content (AvgIpc) is 2.37. The highest BCUT2D eigenvalue weighted by Crippen LogP contribution is 2.07. The van der Waals surface area contributed by atoms with Gasteiger partial charge >= 0.3 is 0 Å². The predicted molar refractivity (Wildman–Crippen MR) is 35.3 cm³/mol. The minimum Gasteiger partial charge on any atom is -0.461 e. The summed E-state index contributed by atoms with van der Waals surface area (Å²) in [7, 11) is 1.60. The molecule has 0 aliphatic rings. The number of ether oxygens (including phenoxy) is 1. The standard InChI is InChI=1S/C7H10O3/c1-9-5-7-3-2-6(4-8)10-7/h2-3,8H,4-5H2,1H3. The first kappa shape index (κ1) is 7.31. The summed E-state index contributed by atoms with van der Waals surface area (Å²) in [6.07, 6.45) is 0. The van der Waals surface area contributed by atoms with Crippen molar-refractivity contribution >= 4 is 0 Å². The topological polar surface area (TPSA) is 42.6 Å². The van der Waals surface area contributed by atoms with E-state index < -0.39 is 0 Å². The molecule has 1 heterocycles. The summed E-state index contributed by atoms with van der Waals surface area (Å²) >= 11 is 0. The zero-order chi connectivity index (χ0) is 7.40. The van der Waals surface area contributed by atoms with Gasteiger partial charge < -0.3 is 14.3 Å². The van der Waals surface area contributed by atoms with Crippen LogP contribution in [0.1, 0.15) is 11.5 Å². The van der Waals surface area contributed by atoms with E-state index >= 15 is 0 Å². The van der Waals surface area contributed by atoms with E-state index in [1.807, 2.05) is 0 Å². The normalized spacial score (nSPS) is 10.2. The molecular weight excluding hydrogens is 132 g/mol. The Hall–Kier alpha value is -0.800. The quantitative estimate of drug-likeness (QED) is 0.682. The van der Waals surface area contributed by atoms with Gasteiger partial charge in [0.2, 0.25) is 0 Å². The van der Waals surface area contributed by atoms with Crippen molar-refractivity contribution in [2.75, 3.05) is 7.11 Å². The summed E-state index contributed by atoms with van der Waals surface area (Å²) < 4.78 is 9.91.